The van der Waals surface area contributed by atoms with E-state index in [0.29, 0.717) is 0 Å². The molecule has 67 heavy (non-hydrogen) atoms. The number of likely N-dealkylation sites (N-methyl/N-ethyl adjacent to an activating group) is 1. The first kappa shape index (κ1) is 62.2. The van der Waals surface area contributed by atoms with Gasteiger partial charge in [-0.25, -0.2) is 0 Å². The Morgan fingerprint density at radius 1 is 0.567 bits per heavy atom. The standard InChI is InChI=1S/C20H26NSi.C17H21NSi.C16H19NSi.CH2O3.BrH.ClH.2K.H/c1-3-14-21(2)15-17-22(18-16-21,19-10-6-4-7-11-19)20-12-8-5-9-13-20;1-18-12-14-19(15-13-18,16-8-4-2-5-9-16)17-10-6-3-7-11-17;1-3-7-15(8-4-1)18(13-11-17-12-14-18)16-9-5-2-6-10-16;2-1-4-3;;;;;/h3-13H,1,14-18H2,2H3;2-11H,12-15H2,1H3;1-10,17H,11-14H2;1,3H;2*1H;;;/q+1;;;;;;2*+1;-1/p-2. The van der Waals surface area contributed by atoms with Gasteiger partial charge in [0.05, 0.1) is 26.7 Å². The molecule has 3 fully saturated rings. The van der Waals surface area contributed by atoms with Gasteiger partial charge in [0.2, 0.25) is 0 Å². The van der Waals surface area contributed by atoms with Gasteiger partial charge in [0.15, 0.2) is 0 Å². The summed E-state index contributed by atoms with van der Waals surface area (Å²) < 4.78 is 1.15. The molecule has 1 N–H and O–H groups in total. The Morgan fingerprint density at radius 3 is 1.07 bits per heavy atom. The van der Waals surface area contributed by atoms with Crippen molar-refractivity contribution in [3.05, 3.63) is 195 Å². The van der Waals surface area contributed by atoms with Gasteiger partial charge in [-0.05, 0) is 63.5 Å². The van der Waals surface area contributed by atoms with E-state index >= 15 is 0 Å². The Labute approximate surface area is 508 Å². The minimum Gasteiger partial charge on any atom is -1.00 e. The van der Waals surface area contributed by atoms with E-state index in [9.17, 15) is 0 Å². The van der Waals surface area contributed by atoms with Gasteiger partial charge in [0.25, 0.3) is 6.47 Å². The Hall–Kier alpha value is -0.937. The summed E-state index contributed by atoms with van der Waals surface area (Å²) in [5.41, 5.74) is 0. The van der Waals surface area contributed by atoms with Crippen LogP contribution in [0.3, 0.4) is 0 Å². The number of nitrogens with one attached hydrogen (secondary N) is 1. The summed E-state index contributed by atoms with van der Waals surface area (Å²) >= 11 is 0. The molecule has 13 heteroatoms. The van der Waals surface area contributed by atoms with E-state index in [0.717, 1.165) is 24.1 Å². The summed E-state index contributed by atoms with van der Waals surface area (Å²) in [6.45, 7) is 12.2. The van der Waals surface area contributed by atoms with Gasteiger partial charge in [-0.1, -0.05) is 220 Å². The predicted molar refractivity (Wildman–Crippen MR) is 279 cm³/mol. The van der Waals surface area contributed by atoms with Crippen LogP contribution in [-0.4, -0.2) is 100.0 Å². The van der Waals surface area contributed by atoms with Crippen molar-refractivity contribution in [2.45, 2.75) is 36.3 Å². The van der Waals surface area contributed by atoms with E-state index in [1.807, 2.05) is 0 Å². The van der Waals surface area contributed by atoms with Gasteiger partial charge in [-0.15, -0.1) is 12.4 Å². The molecule has 9 rings (SSSR count). The monoisotopic (exact) mass is 1080 g/mol. The number of nitrogens with zero attached hydrogens (tertiary/aromatic N) is 2. The third-order valence-electron chi connectivity index (χ3n) is 14.0. The van der Waals surface area contributed by atoms with Gasteiger partial charge in [-0.3, -0.25) is 4.79 Å². The van der Waals surface area contributed by atoms with E-state index in [-0.39, 0.29) is 140 Å². The molecule has 3 heterocycles. The first-order chi connectivity index (χ1) is 30.8. The second-order valence-electron chi connectivity index (χ2n) is 17.7. The number of carbonyl (C=O) groups excluding carboxylic acids is 1. The molecular formula is C54H69BrClK2N3O3Si3. The van der Waals surface area contributed by atoms with Crippen molar-refractivity contribution < 1.29 is 141 Å². The molecule has 0 bridgehead atoms. The van der Waals surface area contributed by atoms with E-state index in [2.05, 4.69) is 224 Å². The van der Waals surface area contributed by atoms with Crippen LogP contribution in [0.2, 0.25) is 36.3 Å². The summed E-state index contributed by atoms with van der Waals surface area (Å²) in [6, 6.07) is 75.4. The van der Waals surface area contributed by atoms with Gasteiger partial charge >= 0.3 is 103 Å². The van der Waals surface area contributed by atoms with Crippen LogP contribution >= 0.6 is 12.4 Å². The number of quaternary nitrogens is 1. The van der Waals surface area contributed by atoms with E-state index in [1.54, 1.807) is 31.1 Å². The molecule has 0 aromatic heterocycles. The van der Waals surface area contributed by atoms with Crippen LogP contribution in [0.15, 0.2) is 195 Å². The van der Waals surface area contributed by atoms with Gasteiger partial charge in [-0.2, -0.15) is 0 Å². The average Bonchev–Trinajstić information content (AvgIpc) is 3.37. The van der Waals surface area contributed by atoms with Crippen molar-refractivity contribution in [1.82, 2.24) is 10.2 Å². The Bertz CT molecular complexity index is 2110. The summed E-state index contributed by atoms with van der Waals surface area (Å²) in [5.74, 6) is 0. The number of carbonyl (C=O) groups is 1. The van der Waals surface area contributed by atoms with Gasteiger partial charge in [0.1, 0.15) is 24.2 Å². The molecule has 346 valence electrons. The quantitative estimate of drug-likeness (QED) is 0.0417. The fourth-order valence-corrected chi connectivity index (χ4v) is 25.1. The average molecular weight is 1090 g/mol. The van der Waals surface area contributed by atoms with Crippen LogP contribution < -0.4 is 161 Å². The number of benzene rings is 6. The fourth-order valence-electron chi connectivity index (χ4n) is 10.3. The smallest absolute Gasteiger partial charge is 1.00 e. The second kappa shape index (κ2) is 32.2. The van der Waals surface area contributed by atoms with Crippen LogP contribution in [0.25, 0.3) is 0 Å². The van der Waals surface area contributed by atoms with Crippen molar-refractivity contribution in [3.63, 3.8) is 0 Å². The third kappa shape index (κ3) is 16.8. The molecule has 0 radical (unpaired) electrons. The number of rotatable bonds is 9. The van der Waals surface area contributed by atoms with E-state index < -0.39 is 24.2 Å². The summed E-state index contributed by atoms with van der Waals surface area (Å²) in [4.78, 5) is 13.7. The molecule has 3 saturated heterocycles. The van der Waals surface area contributed by atoms with Crippen molar-refractivity contribution in [3.8, 4) is 0 Å². The molecule has 0 aliphatic carbocycles. The van der Waals surface area contributed by atoms with Crippen LogP contribution in [-0.2, 0) is 9.68 Å². The number of halogens is 2. The molecule has 3 aliphatic heterocycles. The fraction of sp³-hybridized carbons (Fsp3) is 0.278. The number of hydrogen-bond acceptors (Lipinski definition) is 5. The molecule has 0 spiro atoms. The molecule has 0 unspecified atom stereocenters. The Kier molecular flexibility index (Phi) is 29.9. The van der Waals surface area contributed by atoms with E-state index in [1.165, 1.54) is 62.4 Å². The first-order valence-corrected chi connectivity index (χ1v) is 30.0. The maximum Gasteiger partial charge on any atom is 1.00 e. The van der Waals surface area contributed by atoms with Gasteiger partial charge < -0.3 is 43.3 Å². The molecule has 6 aromatic carbocycles. The van der Waals surface area contributed by atoms with Crippen LogP contribution in [0.1, 0.15) is 1.43 Å². The first-order valence-electron chi connectivity index (χ1n) is 22.7. The SMILES string of the molecule is C=CC[N+]1(C)CC[Si](c2ccccc2)(c2ccccc2)CC1.CN1CC[Si](c2ccccc2)(c2ccccc2)CC1.Cl.O=CO[O-].[Br-].[H-].[K+].[K+].c1ccc([Si]2(c3ccccc3)CCNCC2)cc1. The largest absolute Gasteiger partial charge is 1.00 e. The Balaban J connectivity index is 0.000000475. The van der Waals surface area contributed by atoms with Crippen LogP contribution in [0.4, 0.5) is 0 Å². The molecule has 6 nitrogen and oxygen atoms in total. The zero-order valence-electron chi connectivity index (χ0n) is 41.3. The molecule has 0 saturated carbocycles. The minimum atomic E-state index is -1.60. The van der Waals surface area contributed by atoms with E-state index in [4.69, 9.17) is 10.1 Å². The van der Waals surface area contributed by atoms with Crippen molar-refractivity contribution in [2.24, 2.45) is 0 Å². The van der Waals surface area contributed by atoms with Crippen molar-refractivity contribution in [2.75, 3.05) is 59.9 Å². The Morgan fingerprint density at radius 2 is 0.821 bits per heavy atom. The molecule has 0 atom stereocenters. The summed E-state index contributed by atoms with van der Waals surface area (Å²) in [7, 11) is 0.0109. The van der Waals surface area contributed by atoms with Gasteiger partial charge in [0, 0.05) is 12.1 Å². The topological polar surface area (TPSA) is 64.6 Å². The predicted octanol–water partition coefficient (Wildman–Crippen LogP) is -3.08. The molecule has 0 amide bonds. The maximum absolute atomic E-state index is 8.64. The molecule has 3 aliphatic rings. The summed E-state index contributed by atoms with van der Waals surface area (Å²) in [5, 5.41) is 21.6. The maximum atomic E-state index is 8.64. The zero-order chi connectivity index (χ0) is 44.3. The van der Waals surface area contributed by atoms with Crippen LogP contribution in [0, 0.1) is 0 Å². The minimum absolute atomic E-state index is 0. The van der Waals surface area contributed by atoms with Crippen molar-refractivity contribution >= 4 is 74.2 Å². The van der Waals surface area contributed by atoms with Crippen LogP contribution in [0.5, 0.6) is 0 Å². The third-order valence-corrected chi connectivity index (χ3v) is 29.2. The summed E-state index contributed by atoms with van der Waals surface area (Å²) in [6.07, 6.45) is 2.08. The zero-order valence-corrected chi connectivity index (χ0v) is 51.9. The number of hydrogen-bond donors (Lipinski definition) is 1. The van der Waals surface area contributed by atoms with Crippen molar-refractivity contribution in [1.29, 1.82) is 0 Å². The second-order valence-corrected chi connectivity index (χ2v) is 30.7. The molecular weight excluding hydrogens is 1020 g/mol. The normalized spacial score (nSPS) is 17.1. The molecule has 6 aromatic rings.